The van der Waals surface area contributed by atoms with Crippen molar-refractivity contribution in [3.8, 4) is 0 Å². The second kappa shape index (κ2) is 6.74. The van der Waals surface area contributed by atoms with Crippen LogP contribution < -0.4 is 0 Å². The highest BCUT2D eigenvalue weighted by Gasteiger charge is 2.12. The lowest BCUT2D eigenvalue weighted by atomic mass is 9.91. The molecule has 1 heteroatoms. The van der Waals surface area contributed by atoms with Crippen molar-refractivity contribution in [1.82, 2.24) is 0 Å². The maximum atomic E-state index is 12.5. The summed E-state index contributed by atoms with van der Waals surface area (Å²) >= 11 is 0. The van der Waals surface area contributed by atoms with Gasteiger partial charge in [-0.2, -0.15) is 0 Å². The van der Waals surface area contributed by atoms with Gasteiger partial charge >= 0.3 is 0 Å². The largest absolute Gasteiger partial charge is 0.294 e. The molecule has 0 fully saturated rings. The number of Topliss-reactive ketones (excluding diaryl/α,β-unsaturated/α-hetero) is 1. The van der Waals surface area contributed by atoms with E-state index in [1.54, 1.807) is 0 Å². The number of ketones is 1. The number of carbonyl (C=O) groups is 1. The first-order valence-electron chi connectivity index (χ1n) is 7.77. The molecule has 0 atom stereocenters. The summed E-state index contributed by atoms with van der Waals surface area (Å²) in [6, 6.07) is 14.0. The fraction of sp³-hybridized carbons (Fsp3) is 0.286. The number of hydrogen-bond acceptors (Lipinski definition) is 1. The average molecular weight is 292 g/mol. The summed E-state index contributed by atoms with van der Waals surface area (Å²) in [4.78, 5) is 12.5. The smallest absolute Gasteiger partial charge is 0.167 e. The maximum absolute atomic E-state index is 12.5. The average Bonchev–Trinajstić information content (AvgIpc) is 2.49. The van der Waals surface area contributed by atoms with Crippen LogP contribution in [0.1, 0.15) is 59.3 Å². The molecule has 0 N–H and O–H groups in total. The molecule has 2 aromatic carbocycles. The summed E-state index contributed by atoms with van der Waals surface area (Å²) in [6.07, 6.45) is 0.457. The summed E-state index contributed by atoms with van der Waals surface area (Å²) in [5.41, 5.74) is 6.54. The fourth-order valence-electron chi connectivity index (χ4n) is 2.74. The topological polar surface area (TPSA) is 17.1 Å². The van der Waals surface area contributed by atoms with Gasteiger partial charge in [-0.25, -0.2) is 0 Å². The molecule has 0 saturated carbocycles. The van der Waals surface area contributed by atoms with E-state index in [-0.39, 0.29) is 5.78 Å². The molecule has 0 spiro atoms. The Hall–Kier alpha value is -2.15. The molecule has 22 heavy (non-hydrogen) atoms. The first kappa shape index (κ1) is 16.2. The Morgan fingerprint density at radius 2 is 1.64 bits per heavy atom. The van der Waals surface area contributed by atoms with Gasteiger partial charge in [0.25, 0.3) is 0 Å². The van der Waals surface area contributed by atoms with Crippen molar-refractivity contribution >= 4 is 11.4 Å². The van der Waals surface area contributed by atoms with Gasteiger partial charge < -0.3 is 0 Å². The molecule has 0 radical (unpaired) electrons. The lowest BCUT2D eigenvalue weighted by Crippen LogP contribution is -2.06. The molecule has 0 aliphatic rings. The number of carbonyl (C=O) groups excluding carboxylic acids is 1. The maximum Gasteiger partial charge on any atom is 0.167 e. The van der Waals surface area contributed by atoms with Crippen molar-refractivity contribution in [1.29, 1.82) is 0 Å². The van der Waals surface area contributed by atoms with Gasteiger partial charge in [-0.15, -0.1) is 0 Å². The normalized spacial score (nSPS) is 10.8. The Morgan fingerprint density at radius 3 is 2.18 bits per heavy atom. The number of benzene rings is 2. The zero-order chi connectivity index (χ0) is 16.3. The Bertz CT molecular complexity index is 690. The van der Waals surface area contributed by atoms with Gasteiger partial charge in [0.1, 0.15) is 0 Å². The Balaban J connectivity index is 2.22. The van der Waals surface area contributed by atoms with Crippen LogP contribution in [0.5, 0.6) is 0 Å². The molecule has 0 aliphatic heterocycles. The summed E-state index contributed by atoms with van der Waals surface area (Å²) in [5, 5.41) is 0. The van der Waals surface area contributed by atoms with Crippen molar-refractivity contribution in [2.24, 2.45) is 0 Å². The van der Waals surface area contributed by atoms with Gasteiger partial charge in [0, 0.05) is 12.0 Å². The van der Waals surface area contributed by atoms with E-state index in [1.165, 1.54) is 11.1 Å². The molecular formula is C21H24O. The van der Waals surface area contributed by atoms with Crippen molar-refractivity contribution in [3.63, 3.8) is 0 Å². The summed E-state index contributed by atoms with van der Waals surface area (Å²) in [7, 11) is 0. The molecule has 0 heterocycles. The van der Waals surface area contributed by atoms with E-state index in [2.05, 4.69) is 45.5 Å². The predicted octanol–water partition coefficient (Wildman–Crippen LogP) is 5.58. The molecule has 0 aromatic heterocycles. The van der Waals surface area contributed by atoms with Gasteiger partial charge in [0.05, 0.1) is 0 Å². The van der Waals surface area contributed by atoms with E-state index in [0.717, 1.165) is 22.3 Å². The molecule has 0 aliphatic carbocycles. The summed E-state index contributed by atoms with van der Waals surface area (Å²) in [6.45, 7) is 12.4. The molecule has 114 valence electrons. The van der Waals surface area contributed by atoms with Crippen LogP contribution in [0.25, 0.3) is 5.57 Å². The number of rotatable bonds is 5. The molecule has 2 rings (SSSR count). The van der Waals surface area contributed by atoms with E-state index in [9.17, 15) is 4.79 Å². The minimum Gasteiger partial charge on any atom is -0.294 e. The third-order valence-electron chi connectivity index (χ3n) is 4.16. The third-order valence-corrected chi connectivity index (χ3v) is 4.16. The van der Waals surface area contributed by atoms with Crippen LogP contribution in [-0.2, 0) is 6.42 Å². The molecule has 0 saturated heterocycles. The van der Waals surface area contributed by atoms with Crippen molar-refractivity contribution in [3.05, 3.63) is 76.9 Å². The standard InChI is InChI=1S/C21H24O/c1-14(2)17-9-11-18(12-10-17)21(22)13-19-7-6-8-20(15(3)4)16(19)5/h6-12,15H,1,13H2,2-5H3. The monoisotopic (exact) mass is 292 g/mol. The van der Waals surface area contributed by atoms with Crippen molar-refractivity contribution in [2.75, 3.05) is 0 Å². The van der Waals surface area contributed by atoms with Gasteiger partial charge in [0.2, 0.25) is 0 Å². The van der Waals surface area contributed by atoms with Gasteiger partial charge in [-0.05, 0) is 42.0 Å². The van der Waals surface area contributed by atoms with Crippen molar-refractivity contribution < 1.29 is 4.79 Å². The molecule has 0 unspecified atom stereocenters. The van der Waals surface area contributed by atoms with Crippen molar-refractivity contribution in [2.45, 2.75) is 40.0 Å². The lowest BCUT2D eigenvalue weighted by Gasteiger charge is -2.13. The minimum absolute atomic E-state index is 0.164. The van der Waals surface area contributed by atoms with Gasteiger partial charge in [-0.1, -0.05) is 68.5 Å². The van der Waals surface area contributed by atoms with E-state index in [0.29, 0.717) is 12.3 Å². The lowest BCUT2D eigenvalue weighted by molar-refractivity contribution is 0.0992. The summed E-state index contributed by atoms with van der Waals surface area (Å²) < 4.78 is 0. The SMILES string of the molecule is C=C(C)c1ccc(C(=O)Cc2cccc(C(C)C)c2C)cc1. The van der Waals surface area contributed by atoms with Crippen LogP contribution in [0, 0.1) is 6.92 Å². The van der Waals surface area contributed by atoms with Gasteiger partial charge in [-0.3, -0.25) is 4.79 Å². The van der Waals surface area contributed by atoms with Crippen LogP contribution in [0.4, 0.5) is 0 Å². The number of hydrogen-bond donors (Lipinski definition) is 0. The first-order valence-corrected chi connectivity index (χ1v) is 7.77. The highest BCUT2D eigenvalue weighted by Crippen LogP contribution is 2.23. The Morgan fingerprint density at radius 1 is 1.05 bits per heavy atom. The molecule has 0 bridgehead atoms. The second-order valence-electron chi connectivity index (χ2n) is 6.24. The van der Waals surface area contributed by atoms with Crippen LogP contribution >= 0.6 is 0 Å². The van der Waals surface area contributed by atoms with E-state index in [4.69, 9.17) is 0 Å². The number of allylic oxidation sites excluding steroid dienone is 1. The Kier molecular flexibility index (Phi) is 4.97. The van der Waals surface area contributed by atoms with Gasteiger partial charge in [0.15, 0.2) is 5.78 Å². The molecular weight excluding hydrogens is 268 g/mol. The predicted molar refractivity (Wildman–Crippen MR) is 94.5 cm³/mol. The third kappa shape index (κ3) is 3.54. The van der Waals surface area contributed by atoms with Crippen LogP contribution in [0.15, 0.2) is 49.0 Å². The van der Waals surface area contributed by atoms with Crippen LogP contribution in [0.3, 0.4) is 0 Å². The molecule has 2 aromatic rings. The summed E-state index contributed by atoms with van der Waals surface area (Å²) in [5.74, 6) is 0.641. The highest BCUT2D eigenvalue weighted by atomic mass is 16.1. The molecule has 0 amide bonds. The minimum atomic E-state index is 0.164. The van der Waals surface area contributed by atoms with E-state index < -0.39 is 0 Å². The first-order chi connectivity index (χ1) is 10.4. The quantitative estimate of drug-likeness (QED) is 0.658. The van der Waals surface area contributed by atoms with Crippen LogP contribution in [0.2, 0.25) is 0 Å². The highest BCUT2D eigenvalue weighted by molar-refractivity contribution is 5.97. The fourth-order valence-corrected chi connectivity index (χ4v) is 2.74. The van der Waals surface area contributed by atoms with E-state index in [1.807, 2.05) is 31.2 Å². The molecule has 1 nitrogen and oxygen atoms in total. The second-order valence-corrected chi connectivity index (χ2v) is 6.24. The zero-order valence-corrected chi connectivity index (χ0v) is 13.9. The van der Waals surface area contributed by atoms with Crippen LogP contribution in [-0.4, -0.2) is 5.78 Å². The Labute approximate surface area is 133 Å². The zero-order valence-electron chi connectivity index (χ0n) is 13.9. The van der Waals surface area contributed by atoms with E-state index >= 15 is 0 Å².